The van der Waals surface area contributed by atoms with Crippen molar-refractivity contribution in [2.24, 2.45) is 5.92 Å². The summed E-state index contributed by atoms with van der Waals surface area (Å²) < 4.78 is 1.94. The van der Waals surface area contributed by atoms with E-state index in [2.05, 4.69) is 36.4 Å². The van der Waals surface area contributed by atoms with Crippen molar-refractivity contribution in [3.05, 3.63) is 38.8 Å². The molecule has 2 heterocycles. The molecule has 0 amide bonds. The first-order valence-electron chi connectivity index (χ1n) is 6.52. The summed E-state index contributed by atoms with van der Waals surface area (Å²) in [7, 11) is 0. The van der Waals surface area contributed by atoms with E-state index < -0.39 is 0 Å². The van der Waals surface area contributed by atoms with Crippen molar-refractivity contribution >= 4 is 22.9 Å². The Morgan fingerprint density at radius 3 is 2.74 bits per heavy atom. The van der Waals surface area contributed by atoms with Crippen LogP contribution in [0.5, 0.6) is 0 Å². The van der Waals surface area contributed by atoms with Gasteiger partial charge < -0.3 is 5.32 Å². The average Bonchev–Trinajstić information content (AvgIpc) is 2.91. The molecule has 1 N–H and O–H groups in total. The second-order valence-electron chi connectivity index (χ2n) is 5.13. The lowest BCUT2D eigenvalue weighted by molar-refractivity contribution is 0.555. The summed E-state index contributed by atoms with van der Waals surface area (Å²) in [5.41, 5.74) is 1.02. The van der Waals surface area contributed by atoms with E-state index in [-0.39, 0.29) is 0 Å². The maximum Gasteiger partial charge on any atom is 0.0815 e. The summed E-state index contributed by atoms with van der Waals surface area (Å²) in [6, 6.07) is 4.36. The molecule has 0 atom stereocenters. The van der Waals surface area contributed by atoms with E-state index in [1.165, 1.54) is 9.75 Å². The zero-order chi connectivity index (χ0) is 13.8. The Bertz CT molecular complexity index is 531. The molecule has 0 radical (unpaired) electrons. The maximum absolute atomic E-state index is 6.01. The maximum atomic E-state index is 6.01. The molecule has 0 fully saturated rings. The minimum atomic E-state index is 0.688. The van der Waals surface area contributed by atoms with E-state index in [1.807, 2.05) is 22.9 Å². The lowest BCUT2D eigenvalue weighted by Gasteiger charge is -2.05. The molecule has 0 saturated carbocycles. The number of nitrogens with zero attached hydrogens (tertiary/aromatic N) is 2. The predicted octanol–water partition coefficient (Wildman–Crippen LogP) is 3.70. The summed E-state index contributed by atoms with van der Waals surface area (Å²) >= 11 is 7.84. The highest BCUT2D eigenvalue weighted by Gasteiger charge is 2.06. The summed E-state index contributed by atoms with van der Waals surface area (Å²) in [6.45, 7) is 9.23. The molecule has 0 spiro atoms. The Hall–Kier alpha value is -0.840. The molecule has 0 aliphatic rings. The second kappa shape index (κ2) is 6.55. The standard InChI is InChI=1S/C14H20ClN3S/c1-10(2)6-16-7-12-4-5-13(19-12)9-18-11(3)14(15)8-17-18/h4-5,8,10,16H,6-7,9H2,1-3H3. The summed E-state index contributed by atoms with van der Waals surface area (Å²) in [6.07, 6.45) is 1.70. The molecule has 19 heavy (non-hydrogen) atoms. The second-order valence-corrected chi connectivity index (χ2v) is 6.79. The van der Waals surface area contributed by atoms with Crippen molar-refractivity contribution < 1.29 is 0 Å². The van der Waals surface area contributed by atoms with Crippen molar-refractivity contribution in [2.75, 3.05) is 6.54 Å². The van der Waals surface area contributed by atoms with Gasteiger partial charge in [0.25, 0.3) is 0 Å². The fourth-order valence-corrected chi connectivity index (χ4v) is 2.93. The topological polar surface area (TPSA) is 29.9 Å². The lowest BCUT2D eigenvalue weighted by atomic mass is 10.2. The normalized spacial score (nSPS) is 11.4. The molecule has 0 aromatic carbocycles. The van der Waals surface area contributed by atoms with Gasteiger partial charge in [0, 0.05) is 16.3 Å². The average molecular weight is 298 g/mol. The van der Waals surface area contributed by atoms with Crippen LogP contribution in [0.3, 0.4) is 0 Å². The Morgan fingerprint density at radius 2 is 2.11 bits per heavy atom. The molecule has 5 heteroatoms. The third kappa shape index (κ3) is 4.06. The van der Waals surface area contributed by atoms with Crippen LogP contribution in [-0.4, -0.2) is 16.3 Å². The van der Waals surface area contributed by atoms with Crippen molar-refractivity contribution in [1.82, 2.24) is 15.1 Å². The van der Waals surface area contributed by atoms with Crippen LogP contribution < -0.4 is 5.32 Å². The quantitative estimate of drug-likeness (QED) is 0.881. The molecule has 0 bridgehead atoms. The summed E-state index contributed by atoms with van der Waals surface area (Å²) in [5.74, 6) is 0.688. The minimum Gasteiger partial charge on any atom is -0.312 e. The Balaban J connectivity index is 1.92. The Labute approximate surface area is 123 Å². The van der Waals surface area contributed by atoms with Crippen LogP contribution in [0.4, 0.5) is 0 Å². The molecule has 0 aliphatic heterocycles. The predicted molar refractivity (Wildman–Crippen MR) is 81.9 cm³/mol. The fourth-order valence-electron chi connectivity index (χ4n) is 1.82. The monoisotopic (exact) mass is 297 g/mol. The number of thiophene rings is 1. The van der Waals surface area contributed by atoms with E-state index in [1.54, 1.807) is 6.20 Å². The largest absolute Gasteiger partial charge is 0.312 e. The first kappa shape index (κ1) is 14.6. The van der Waals surface area contributed by atoms with E-state index in [4.69, 9.17) is 11.6 Å². The smallest absolute Gasteiger partial charge is 0.0815 e. The van der Waals surface area contributed by atoms with Crippen LogP contribution in [0, 0.1) is 12.8 Å². The Kier molecular flexibility index (Phi) is 5.02. The van der Waals surface area contributed by atoms with Gasteiger partial charge in [-0.3, -0.25) is 4.68 Å². The zero-order valence-corrected chi connectivity index (χ0v) is 13.2. The highest BCUT2D eigenvalue weighted by molar-refractivity contribution is 7.11. The fraction of sp³-hybridized carbons (Fsp3) is 0.500. The van der Waals surface area contributed by atoms with Crippen LogP contribution in [0.2, 0.25) is 5.02 Å². The zero-order valence-electron chi connectivity index (χ0n) is 11.6. The summed E-state index contributed by atoms with van der Waals surface area (Å²) in [5, 5.41) is 8.47. The molecule has 2 rings (SSSR count). The van der Waals surface area contributed by atoms with Crippen LogP contribution in [0.1, 0.15) is 29.3 Å². The molecular formula is C14H20ClN3S. The van der Waals surface area contributed by atoms with Gasteiger partial charge in [-0.05, 0) is 31.5 Å². The highest BCUT2D eigenvalue weighted by Crippen LogP contribution is 2.20. The van der Waals surface area contributed by atoms with Crippen molar-refractivity contribution in [1.29, 1.82) is 0 Å². The van der Waals surface area contributed by atoms with Crippen LogP contribution in [0.25, 0.3) is 0 Å². The van der Waals surface area contributed by atoms with Gasteiger partial charge in [-0.15, -0.1) is 11.3 Å². The summed E-state index contributed by atoms with van der Waals surface area (Å²) in [4.78, 5) is 2.68. The van der Waals surface area contributed by atoms with Gasteiger partial charge in [0.2, 0.25) is 0 Å². The number of halogens is 1. The molecular weight excluding hydrogens is 278 g/mol. The first-order valence-corrected chi connectivity index (χ1v) is 7.72. The van der Waals surface area contributed by atoms with E-state index in [0.29, 0.717) is 5.92 Å². The minimum absolute atomic E-state index is 0.688. The molecule has 0 unspecified atom stereocenters. The van der Waals surface area contributed by atoms with Gasteiger partial charge in [0.1, 0.15) is 0 Å². The van der Waals surface area contributed by atoms with Crippen LogP contribution in [-0.2, 0) is 13.1 Å². The Morgan fingerprint density at radius 1 is 1.37 bits per heavy atom. The number of rotatable bonds is 6. The van der Waals surface area contributed by atoms with Gasteiger partial charge in [-0.1, -0.05) is 25.4 Å². The van der Waals surface area contributed by atoms with Crippen molar-refractivity contribution in [3.63, 3.8) is 0 Å². The van der Waals surface area contributed by atoms with Gasteiger partial charge in [-0.2, -0.15) is 5.10 Å². The van der Waals surface area contributed by atoms with Gasteiger partial charge in [0.15, 0.2) is 0 Å². The van der Waals surface area contributed by atoms with Crippen molar-refractivity contribution in [3.8, 4) is 0 Å². The van der Waals surface area contributed by atoms with Crippen LogP contribution >= 0.6 is 22.9 Å². The van der Waals surface area contributed by atoms with E-state index >= 15 is 0 Å². The molecule has 2 aromatic heterocycles. The SMILES string of the molecule is Cc1c(Cl)cnn1Cc1ccc(CNCC(C)C)s1. The van der Waals surface area contributed by atoms with Crippen LogP contribution in [0.15, 0.2) is 18.3 Å². The van der Waals surface area contributed by atoms with Gasteiger partial charge in [-0.25, -0.2) is 0 Å². The molecule has 0 aliphatic carbocycles. The number of hydrogen-bond donors (Lipinski definition) is 1. The first-order chi connectivity index (χ1) is 9.06. The third-order valence-electron chi connectivity index (χ3n) is 2.92. The third-order valence-corrected chi connectivity index (χ3v) is 4.36. The molecule has 104 valence electrons. The van der Waals surface area contributed by atoms with Crippen molar-refractivity contribution in [2.45, 2.75) is 33.9 Å². The highest BCUT2D eigenvalue weighted by atomic mass is 35.5. The molecule has 0 saturated heterocycles. The molecule has 3 nitrogen and oxygen atoms in total. The number of aromatic nitrogens is 2. The molecule has 2 aromatic rings. The van der Waals surface area contributed by atoms with E-state index in [0.717, 1.165) is 30.4 Å². The number of hydrogen-bond acceptors (Lipinski definition) is 3. The van der Waals surface area contributed by atoms with E-state index in [9.17, 15) is 0 Å². The van der Waals surface area contributed by atoms with Gasteiger partial charge in [0.05, 0.1) is 23.5 Å². The lowest BCUT2D eigenvalue weighted by Crippen LogP contribution is -2.18. The van der Waals surface area contributed by atoms with Gasteiger partial charge >= 0.3 is 0 Å². The number of nitrogens with one attached hydrogen (secondary N) is 1.